The third kappa shape index (κ3) is 2.14. The Morgan fingerprint density at radius 3 is 3.00 bits per heavy atom. The summed E-state index contributed by atoms with van der Waals surface area (Å²) in [6, 6.07) is 1.84. The van der Waals surface area contributed by atoms with Crippen molar-refractivity contribution in [3.63, 3.8) is 0 Å². The van der Waals surface area contributed by atoms with Gasteiger partial charge in [-0.25, -0.2) is 15.0 Å². The third-order valence-corrected chi connectivity index (χ3v) is 3.26. The van der Waals surface area contributed by atoms with Crippen LogP contribution in [0.15, 0.2) is 28.6 Å². The molecule has 6 nitrogen and oxygen atoms in total. The minimum absolute atomic E-state index is 0.168. The van der Waals surface area contributed by atoms with Gasteiger partial charge in [0.2, 0.25) is 5.28 Å². The highest BCUT2D eigenvalue weighted by Crippen LogP contribution is 2.29. The largest absolute Gasteiger partial charge is 0.261 e. The van der Waals surface area contributed by atoms with Crippen LogP contribution in [-0.4, -0.2) is 30.1 Å². The Morgan fingerprint density at radius 2 is 2.17 bits per heavy atom. The summed E-state index contributed by atoms with van der Waals surface area (Å²) in [4.78, 5) is 16.7. The van der Waals surface area contributed by atoms with Crippen LogP contribution in [0.1, 0.15) is 5.69 Å². The number of fused-ring (bicyclic) bond motifs is 1. The van der Waals surface area contributed by atoms with Crippen molar-refractivity contribution in [2.75, 3.05) is 0 Å². The zero-order chi connectivity index (χ0) is 12.5. The zero-order valence-corrected chi connectivity index (χ0v) is 10.8. The minimum atomic E-state index is 0.168. The van der Waals surface area contributed by atoms with Gasteiger partial charge in [0.15, 0.2) is 10.8 Å². The molecule has 0 aliphatic carbocycles. The second kappa shape index (κ2) is 4.51. The summed E-state index contributed by atoms with van der Waals surface area (Å²) in [7, 11) is 0. The molecule has 18 heavy (non-hydrogen) atoms. The Balaban J connectivity index is 2.06. The molecule has 0 atom stereocenters. The Labute approximate surface area is 111 Å². The van der Waals surface area contributed by atoms with Crippen LogP contribution in [0, 0.1) is 6.92 Å². The maximum Gasteiger partial charge on any atom is 0.225 e. The molecule has 3 aromatic rings. The average molecular weight is 279 g/mol. The van der Waals surface area contributed by atoms with Gasteiger partial charge < -0.3 is 0 Å². The minimum Gasteiger partial charge on any atom is -0.261 e. The monoisotopic (exact) mass is 278 g/mol. The molecule has 8 heteroatoms. The van der Waals surface area contributed by atoms with E-state index in [1.165, 1.54) is 11.8 Å². The topological polar surface area (TPSA) is 80.2 Å². The summed E-state index contributed by atoms with van der Waals surface area (Å²) < 4.78 is 0. The standard InChI is InChI=1S/C10H7ClN6S/c1-5-2-3-12-10(14-5)18-8-6-4-13-17-7(6)15-9(11)16-8/h2-4H,1H3,(H,13,15,16,17). The van der Waals surface area contributed by atoms with Crippen molar-refractivity contribution in [1.82, 2.24) is 30.1 Å². The Kier molecular flexibility index (Phi) is 2.85. The van der Waals surface area contributed by atoms with E-state index >= 15 is 0 Å². The van der Waals surface area contributed by atoms with Crippen molar-refractivity contribution in [2.24, 2.45) is 0 Å². The van der Waals surface area contributed by atoms with Gasteiger partial charge in [-0.2, -0.15) is 10.1 Å². The van der Waals surface area contributed by atoms with E-state index < -0.39 is 0 Å². The zero-order valence-electron chi connectivity index (χ0n) is 9.25. The van der Waals surface area contributed by atoms with E-state index in [1.807, 2.05) is 13.0 Å². The highest BCUT2D eigenvalue weighted by molar-refractivity contribution is 7.99. The molecule has 90 valence electrons. The van der Waals surface area contributed by atoms with Crippen molar-refractivity contribution >= 4 is 34.4 Å². The van der Waals surface area contributed by atoms with Gasteiger partial charge in [0.25, 0.3) is 0 Å². The van der Waals surface area contributed by atoms with E-state index in [4.69, 9.17) is 11.6 Å². The van der Waals surface area contributed by atoms with Gasteiger partial charge in [-0.3, -0.25) is 5.10 Å². The van der Waals surface area contributed by atoms with Gasteiger partial charge in [-0.15, -0.1) is 0 Å². The molecule has 1 N–H and O–H groups in total. The highest BCUT2D eigenvalue weighted by Gasteiger charge is 2.11. The first kappa shape index (κ1) is 11.4. The SMILES string of the molecule is Cc1ccnc(Sc2nc(Cl)nc3[nH]ncc23)n1. The molecule has 3 heterocycles. The number of H-pyrrole nitrogens is 1. The van der Waals surface area contributed by atoms with Crippen molar-refractivity contribution in [2.45, 2.75) is 17.1 Å². The number of rotatable bonds is 2. The summed E-state index contributed by atoms with van der Waals surface area (Å²) >= 11 is 7.19. The van der Waals surface area contributed by atoms with Crippen molar-refractivity contribution in [1.29, 1.82) is 0 Å². The molecule has 0 spiro atoms. The molecule has 0 fully saturated rings. The number of hydrogen-bond acceptors (Lipinski definition) is 6. The number of hydrogen-bond donors (Lipinski definition) is 1. The Morgan fingerprint density at radius 1 is 1.28 bits per heavy atom. The molecule has 0 bridgehead atoms. The van der Waals surface area contributed by atoms with Gasteiger partial charge in [0.1, 0.15) is 5.03 Å². The van der Waals surface area contributed by atoms with E-state index in [2.05, 4.69) is 30.1 Å². The Hall–Kier alpha value is -1.73. The lowest BCUT2D eigenvalue weighted by molar-refractivity contribution is 0.928. The van der Waals surface area contributed by atoms with E-state index in [9.17, 15) is 0 Å². The van der Waals surface area contributed by atoms with E-state index in [1.54, 1.807) is 12.4 Å². The predicted molar refractivity (Wildman–Crippen MR) is 67.6 cm³/mol. The fourth-order valence-corrected chi connectivity index (χ4v) is 2.51. The summed E-state index contributed by atoms with van der Waals surface area (Å²) in [5, 5.41) is 8.95. The van der Waals surface area contributed by atoms with Crippen LogP contribution < -0.4 is 0 Å². The number of halogens is 1. The molecular formula is C10H7ClN6S. The summed E-state index contributed by atoms with van der Waals surface area (Å²) in [6.07, 6.45) is 3.36. The van der Waals surface area contributed by atoms with Crippen molar-refractivity contribution < 1.29 is 0 Å². The second-order valence-corrected chi connectivity index (χ2v) is 4.81. The number of aryl methyl sites for hydroxylation is 1. The van der Waals surface area contributed by atoms with Crippen LogP contribution >= 0.6 is 23.4 Å². The normalized spacial score (nSPS) is 11.0. The molecule has 0 amide bonds. The number of aromatic amines is 1. The number of nitrogens with zero attached hydrogens (tertiary/aromatic N) is 5. The lowest BCUT2D eigenvalue weighted by Gasteiger charge is -2.01. The van der Waals surface area contributed by atoms with Crippen LogP contribution in [-0.2, 0) is 0 Å². The van der Waals surface area contributed by atoms with Crippen LogP contribution in [0.5, 0.6) is 0 Å². The maximum absolute atomic E-state index is 5.85. The molecule has 3 aromatic heterocycles. The molecule has 0 aromatic carbocycles. The Bertz CT molecular complexity index is 712. The molecule has 0 unspecified atom stereocenters. The second-order valence-electron chi connectivity index (χ2n) is 3.51. The third-order valence-electron chi connectivity index (χ3n) is 2.21. The first-order chi connectivity index (χ1) is 8.72. The lowest BCUT2D eigenvalue weighted by atomic mass is 10.4. The van der Waals surface area contributed by atoms with Gasteiger partial charge in [-0.1, -0.05) is 0 Å². The summed E-state index contributed by atoms with van der Waals surface area (Å²) in [5.41, 5.74) is 1.50. The molecule has 0 radical (unpaired) electrons. The predicted octanol–water partition coefficient (Wildman–Crippen LogP) is 2.26. The fourth-order valence-electron chi connectivity index (χ4n) is 1.42. The molecule has 0 aliphatic heterocycles. The van der Waals surface area contributed by atoms with Gasteiger partial charge in [-0.05, 0) is 36.4 Å². The first-order valence-electron chi connectivity index (χ1n) is 5.06. The van der Waals surface area contributed by atoms with E-state index in [0.29, 0.717) is 15.8 Å². The number of nitrogens with one attached hydrogen (secondary N) is 1. The van der Waals surface area contributed by atoms with Crippen molar-refractivity contribution in [3.05, 3.63) is 29.4 Å². The van der Waals surface area contributed by atoms with E-state index in [-0.39, 0.29) is 5.28 Å². The van der Waals surface area contributed by atoms with Crippen molar-refractivity contribution in [3.8, 4) is 0 Å². The highest BCUT2D eigenvalue weighted by atomic mass is 35.5. The maximum atomic E-state index is 5.85. The average Bonchev–Trinajstić information content (AvgIpc) is 2.77. The smallest absolute Gasteiger partial charge is 0.225 e. The summed E-state index contributed by atoms with van der Waals surface area (Å²) in [6.45, 7) is 1.91. The van der Waals surface area contributed by atoms with Crippen LogP contribution in [0.4, 0.5) is 0 Å². The quantitative estimate of drug-likeness (QED) is 0.572. The van der Waals surface area contributed by atoms with Crippen LogP contribution in [0.25, 0.3) is 11.0 Å². The molecule has 0 saturated heterocycles. The van der Waals surface area contributed by atoms with Gasteiger partial charge in [0.05, 0.1) is 11.6 Å². The van der Waals surface area contributed by atoms with Crippen LogP contribution in [0.3, 0.4) is 0 Å². The lowest BCUT2D eigenvalue weighted by Crippen LogP contribution is -1.91. The first-order valence-corrected chi connectivity index (χ1v) is 6.26. The van der Waals surface area contributed by atoms with Gasteiger partial charge in [0, 0.05) is 11.9 Å². The number of aromatic nitrogens is 6. The molecule has 0 saturated carbocycles. The van der Waals surface area contributed by atoms with Gasteiger partial charge >= 0.3 is 0 Å². The fraction of sp³-hybridized carbons (Fsp3) is 0.100. The molecule has 3 rings (SSSR count). The summed E-state index contributed by atoms with van der Waals surface area (Å²) in [5.74, 6) is 0. The van der Waals surface area contributed by atoms with Crippen LogP contribution in [0.2, 0.25) is 5.28 Å². The molecular weight excluding hydrogens is 272 g/mol. The van der Waals surface area contributed by atoms with E-state index in [0.717, 1.165) is 11.1 Å². The molecule has 0 aliphatic rings.